The molecule has 1 saturated heterocycles. The van der Waals surface area contributed by atoms with E-state index in [4.69, 9.17) is 0 Å². The normalized spacial score (nSPS) is 17.9. The lowest BCUT2D eigenvalue weighted by Crippen LogP contribution is -2.33. The molecular formula is C26H29BrN4O3. The highest BCUT2D eigenvalue weighted by Crippen LogP contribution is 2.40. The van der Waals surface area contributed by atoms with E-state index in [9.17, 15) is 14.7 Å². The Kier molecular flexibility index (Phi) is 7.19. The molecule has 8 heteroatoms. The maximum atomic E-state index is 13.3. The lowest BCUT2D eigenvalue weighted by molar-refractivity contribution is -0.140. The zero-order valence-corrected chi connectivity index (χ0v) is 21.2. The molecule has 1 aliphatic heterocycles. The maximum absolute atomic E-state index is 13.3. The van der Waals surface area contributed by atoms with E-state index in [1.165, 1.54) is 0 Å². The van der Waals surface area contributed by atoms with Crippen LogP contribution in [0.5, 0.6) is 0 Å². The Hall–Kier alpha value is -2.97. The quantitative estimate of drug-likeness (QED) is 0.265. The number of aliphatic hydroxyl groups is 1. The van der Waals surface area contributed by atoms with E-state index < -0.39 is 17.7 Å². The number of imidazole rings is 1. The molecule has 0 spiro atoms. The van der Waals surface area contributed by atoms with Gasteiger partial charge in [-0.15, -0.1) is 0 Å². The minimum atomic E-state index is -0.668. The van der Waals surface area contributed by atoms with Crippen LogP contribution < -0.4 is 0 Å². The van der Waals surface area contributed by atoms with E-state index >= 15 is 0 Å². The number of hydrogen-bond donors (Lipinski definition) is 1. The monoisotopic (exact) mass is 524 g/mol. The predicted molar refractivity (Wildman–Crippen MR) is 135 cm³/mol. The number of Topliss-reactive ketones (excluding diaryl/α,β-unsaturated/α-hetero) is 1. The van der Waals surface area contributed by atoms with Gasteiger partial charge in [0.2, 0.25) is 0 Å². The summed E-state index contributed by atoms with van der Waals surface area (Å²) in [4.78, 5) is 34.9. The number of ketones is 1. The number of aryl methyl sites for hydroxylation is 1. The summed E-state index contributed by atoms with van der Waals surface area (Å²) in [5, 5.41) is 11.5. The summed E-state index contributed by atoms with van der Waals surface area (Å²) in [5.41, 5.74) is 2.56. The fourth-order valence-corrected chi connectivity index (χ4v) is 4.90. The first-order valence-corrected chi connectivity index (χ1v) is 12.4. The molecule has 7 nitrogen and oxygen atoms in total. The molecule has 1 aromatic carbocycles. The third-order valence-electron chi connectivity index (χ3n) is 6.42. The van der Waals surface area contributed by atoms with Gasteiger partial charge in [0.1, 0.15) is 11.3 Å². The number of pyridine rings is 1. The van der Waals surface area contributed by atoms with Crippen LogP contribution in [-0.4, -0.2) is 62.2 Å². The summed E-state index contributed by atoms with van der Waals surface area (Å²) in [6.45, 7) is 9.11. The van der Waals surface area contributed by atoms with Crippen molar-refractivity contribution in [2.24, 2.45) is 0 Å². The summed E-state index contributed by atoms with van der Waals surface area (Å²) in [5.74, 6) is -1.45. The fourth-order valence-electron chi connectivity index (χ4n) is 4.63. The first-order valence-electron chi connectivity index (χ1n) is 11.6. The molecule has 0 bridgehead atoms. The van der Waals surface area contributed by atoms with Crippen molar-refractivity contribution < 1.29 is 14.7 Å². The molecule has 1 aliphatic rings. The van der Waals surface area contributed by atoms with Crippen molar-refractivity contribution in [2.75, 3.05) is 26.2 Å². The summed E-state index contributed by atoms with van der Waals surface area (Å²) in [7, 11) is 0. The molecule has 3 aromatic rings. The van der Waals surface area contributed by atoms with Gasteiger partial charge in [0.15, 0.2) is 5.76 Å². The standard InChI is InChI=1S/C26H29BrN4O3/c1-4-29(5-2)14-8-16-31-23(18-10-12-19(27)13-11-18)21(25(33)26(31)34)24(32)22-17(3)28-20-9-6-7-15-30(20)22/h6-7,9-13,15,23,32H,4-5,8,14,16H2,1-3H3/t23-/m0/s1. The molecule has 0 saturated carbocycles. The van der Waals surface area contributed by atoms with Crippen molar-refractivity contribution >= 4 is 39.0 Å². The van der Waals surface area contributed by atoms with Gasteiger partial charge in [-0.1, -0.05) is 48.0 Å². The average molecular weight is 525 g/mol. The zero-order valence-electron chi connectivity index (χ0n) is 19.7. The number of amides is 1. The lowest BCUT2D eigenvalue weighted by atomic mass is 9.96. The number of rotatable bonds is 8. The van der Waals surface area contributed by atoms with Crippen molar-refractivity contribution in [2.45, 2.75) is 33.2 Å². The molecule has 1 fully saturated rings. The van der Waals surface area contributed by atoms with Gasteiger partial charge < -0.3 is 14.9 Å². The van der Waals surface area contributed by atoms with E-state index in [0.717, 1.165) is 36.1 Å². The third-order valence-corrected chi connectivity index (χ3v) is 6.95. The van der Waals surface area contributed by atoms with E-state index in [1.54, 1.807) is 22.4 Å². The van der Waals surface area contributed by atoms with Crippen LogP contribution in [0.4, 0.5) is 0 Å². The second-order valence-corrected chi connectivity index (χ2v) is 9.31. The Morgan fingerprint density at radius 2 is 1.82 bits per heavy atom. The minimum Gasteiger partial charge on any atom is -0.505 e. The van der Waals surface area contributed by atoms with E-state index in [0.29, 0.717) is 23.6 Å². The Labute approximate surface area is 207 Å². The van der Waals surface area contributed by atoms with Gasteiger partial charge in [0.25, 0.3) is 11.7 Å². The highest BCUT2D eigenvalue weighted by Gasteiger charge is 2.46. The van der Waals surface area contributed by atoms with Crippen molar-refractivity contribution in [3.63, 3.8) is 0 Å². The summed E-state index contributed by atoms with van der Waals surface area (Å²) in [6.07, 6.45) is 2.52. The summed E-state index contributed by atoms with van der Waals surface area (Å²) in [6, 6.07) is 12.4. The van der Waals surface area contributed by atoms with Crippen LogP contribution in [0, 0.1) is 6.92 Å². The molecular weight excluding hydrogens is 496 g/mol. The molecule has 0 aliphatic carbocycles. The number of aromatic nitrogens is 2. The van der Waals surface area contributed by atoms with Crippen molar-refractivity contribution in [1.29, 1.82) is 0 Å². The third kappa shape index (κ3) is 4.40. The summed E-state index contributed by atoms with van der Waals surface area (Å²) >= 11 is 3.45. The first-order chi connectivity index (χ1) is 16.4. The van der Waals surface area contributed by atoms with Crippen LogP contribution in [0.15, 0.2) is 58.7 Å². The predicted octanol–water partition coefficient (Wildman–Crippen LogP) is 4.56. The number of hydrogen-bond acceptors (Lipinski definition) is 5. The second kappa shape index (κ2) is 10.1. The SMILES string of the molecule is CCN(CC)CCCN1C(=O)C(=O)C(=C(O)c2c(C)nc3ccccn23)[C@@H]1c1ccc(Br)cc1. The van der Waals surface area contributed by atoms with Gasteiger partial charge in [0, 0.05) is 17.2 Å². The number of carbonyl (C=O) groups excluding carboxylic acids is 2. The molecule has 0 unspecified atom stereocenters. The van der Waals surface area contributed by atoms with Crippen molar-refractivity contribution in [1.82, 2.24) is 19.2 Å². The Bertz CT molecular complexity index is 1240. The van der Waals surface area contributed by atoms with Crippen LogP contribution in [0.3, 0.4) is 0 Å². The molecule has 34 heavy (non-hydrogen) atoms. The molecule has 1 atom stereocenters. The number of benzene rings is 1. The Balaban J connectivity index is 1.81. The zero-order chi connectivity index (χ0) is 24.4. The lowest BCUT2D eigenvalue weighted by Gasteiger charge is -2.26. The van der Waals surface area contributed by atoms with Gasteiger partial charge in [-0.05, 0) is 62.8 Å². The fraction of sp³-hybridized carbons (Fsp3) is 0.346. The molecule has 1 N–H and O–H groups in total. The van der Waals surface area contributed by atoms with Crippen molar-refractivity contribution in [3.8, 4) is 0 Å². The van der Waals surface area contributed by atoms with Crippen LogP contribution in [0.2, 0.25) is 0 Å². The molecule has 2 aromatic heterocycles. The maximum Gasteiger partial charge on any atom is 0.295 e. The van der Waals surface area contributed by atoms with Gasteiger partial charge in [-0.3, -0.25) is 14.0 Å². The number of nitrogens with zero attached hydrogens (tertiary/aromatic N) is 4. The molecule has 178 valence electrons. The van der Waals surface area contributed by atoms with Gasteiger partial charge in [0.05, 0.1) is 17.3 Å². The summed E-state index contributed by atoms with van der Waals surface area (Å²) < 4.78 is 2.64. The van der Waals surface area contributed by atoms with Gasteiger partial charge in [-0.25, -0.2) is 4.98 Å². The van der Waals surface area contributed by atoms with Crippen LogP contribution in [0.25, 0.3) is 11.4 Å². The van der Waals surface area contributed by atoms with Crippen LogP contribution >= 0.6 is 15.9 Å². The highest BCUT2D eigenvalue weighted by molar-refractivity contribution is 9.10. The van der Waals surface area contributed by atoms with E-state index in [2.05, 4.69) is 39.7 Å². The Morgan fingerprint density at radius 1 is 1.12 bits per heavy atom. The smallest absolute Gasteiger partial charge is 0.295 e. The van der Waals surface area contributed by atoms with Gasteiger partial charge in [-0.2, -0.15) is 0 Å². The minimum absolute atomic E-state index is 0.101. The topological polar surface area (TPSA) is 78.2 Å². The molecule has 4 rings (SSSR count). The molecule has 0 radical (unpaired) electrons. The number of fused-ring (bicyclic) bond motifs is 1. The van der Waals surface area contributed by atoms with Crippen molar-refractivity contribution in [3.05, 3.63) is 75.7 Å². The van der Waals surface area contributed by atoms with Crippen LogP contribution in [-0.2, 0) is 9.59 Å². The van der Waals surface area contributed by atoms with Gasteiger partial charge >= 0.3 is 0 Å². The molecule has 3 heterocycles. The average Bonchev–Trinajstić information content (AvgIpc) is 3.30. The molecule has 1 amide bonds. The first kappa shape index (κ1) is 24.2. The number of carbonyl (C=O) groups is 2. The van der Waals surface area contributed by atoms with E-state index in [-0.39, 0.29) is 11.3 Å². The van der Waals surface area contributed by atoms with Crippen LogP contribution in [0.1, 0.15) is 43.3 Å². The van der Waals surface area contributed by atoms with E-state index in [1.807, 2.05) is 42.5 Å². The number of likely N-dealkylation sites (tertiary alicyclic amines) is 1. The number of halogens is 1. The number of aliphatic hydroxyl groups excluding tert-OH is 1. The Morgan fingerprint density at radius 3 is 2.50 bits per heavy atom. The largest absolute Gasteiger partial charge is 0.505 e. The highest BCUT2D eigenvalue weighted by atomic mass is 79.9. The second-order valence-electron chi connectivity index (χ2n) is 8.40.